The molecule has 5 nitrogen and oxygen atoms in total. The summed E-state index contributed by atoms with van der Waals surface area (Å²) >= 11 is 7.05. The molecule has 104 valence electrons. The van der Waals surface area contributed by atoms with Crippen LogP contribution in [0, 0.1) is 14.2 Å². The molecule has 2 rings (SSSR count). The molecule has 0 unspecified atom stereocenters. The van der Waals surface area contributed by atoms with Gasteiger partial charge in [0.15, 0.2) is 4.77 Å². The lowest BCUT2D eigenvalue weighted by Crippen LogP contribution is -2.26. The quantitative estimate of drug-likeness (QED) is 0.593. The van der Waals surface area contributed by atoms with Gasteiger partial charge in [0.25, 0.3) is 0 Å². The van der Waals surface area contributed by atoms with Crippen molar-refractivity contribution < 1.29 is 12.8 Å². The summed E-state index contributed by atoms with van der Waals surface area (Å²) < 4.78 is 40.5. The van der Waals surface area contributed by atoms with Gasteiger partial charge in [-0.05, 0) is 40.9 Å². The van der Waals surface area contributed by atoms with Gasteiger partial charge in [-0.2, -0.15) is 0 Å². The fourth-order valence-corrected chi connectivity index (χ4v) is 2.95. The molecule has 0 saturated heterocycles. The Hall–Kier alpha value is -0.520. The van der Waals surface area contributed by atoms with Crippen LogP contribution in [-0.4, -0.2) is 30.8 Å². The zero-order valence-corrected chi connectivity index (χ0v) is 13.7. The van der Waals surface area contributed by atoms with Crippen LogP contribution < -0.4 is 4.72 Å². The average Bonchev–Trinajstić information content (AvgIpc) is 2.55. The molecular formula is C10H11FIN3O2S2. The zero-order valence-electron chi connectivity index (χ0n) is 9.91. The van der Waals surface area contributed by atoms with Crippen LogP contribution in [0.25, 0.3) is 11.0 Å². The highest BCUT2D eigenvalue weighted by atomic mass is 127. The van der Waals surface area contributed by atoms with Gasteiger partial charge < -0.3 is 9.55 Å². The summed E-state index contributed by atoms with van der Waals surface area (Å²) in [6.07, 6.45) is 1.09. The van der Waals surface area contributed by atoms with Crippen molar-refractivity contribution in [2.75, 3.05) is 12.8 Å². The highest BCUT2D eigenvalue weighted by Gasteiger charge is 2.09. The van der Waals surface area contributed by atoms with E-state index in [1.807, 2.05) is 22.6 Å². The van der Waals surface area contributed by atoms with Crippen molar-refractivity contribution in [1.29, 1.82) is 0 Å². The molecule has 1 aromatic carbocycles. The van der Waals surface area contributed by atoms with Crippen molar-refractivity contribution in [3.8, 4) is 0 Å². The lowest BCUT2D eigenvalue weighted by molar-refractivity contribution is 0.579. The Labute approximate surface area is 128 Å². The number of benzene rings is 1. The molecule has 0 saturated carbocycles. The van der Waals surface area contributed by atoms with Crippen LogP contribution in [0.4, 0.5) is 4.39 Å². The minimum absolute atomic E-state index is 0.202. The monoisotopic (exact) mass is 415 g/mol. The second-order valence-corrected chi connectivity index (χ2v) is 7.41. The van der Waals surface area contributed by atoms with Gasteiger partial charge in [-0.1, -0.05) is 0 Å². The fourth-order valence-electron chi connectivity index (χ4n) is 1.72. The predicted molar refractivity (Wildman–Crippen MR) is 82.6 cm³/mol. The summed E-state index contributed by atoms with van der Waals surface area (Å²) in [7, 11) is -3.24. The van der Waals surface area contributed by atoms with Crippen molar-refractivity contribution in [2.45, 2.75) is 6.54 Å². The maximum absolute atomic E-state index is 13.6. The lowest BCUT2D eigenvalue weighted by Gasteiger charge is -2.05. The normalized spacial score (nSPS) is 12.2. The average molecular weight is 415 g/mol. The van der Waals surface area contributed by atoms with Gasteiger partial charge in [0, 0.05) is 19.2 Å². The smallest absolute Gasteiger partial charge is 0.208 e. The molecule has 9 heteroatoms. The number of nitrogens with zero attached hydrogens (tertiary/aromatic N) is 1. The Morgan fingerprint density at radius 3 is 2.84 bits per heavy atom. The van der Waals surface area contributed by atoms with Crippen LogP contribution in [-0.2, 0) is 16.6 Å². The van der Waals surface area contributed by atoms with Crippen LogP contribution in [0.2, 0.25) is 0 Å². The minimum Gasteiger partial charge on any atom is -0.331 e. The SMILES string of the molecule is CS(=O)(=O)NCCn1c(=S)[nH]c2cc(I)c(F)cc21. The first-order chi connectivity index (χ1) is 8.78. The molecule has 0 atom stereocenters. The predicted octanol–water partition coefficient (Wildman–Crippen LogP) is 1.99. The first-order valence-electron chi connectivity index (χ1n) is 5.30. The van der Waals surface area contributed by atoms with E-state index in [1.165, 1.54) is 6.07 Å². The van der Waals surface area contributed by atoms with Gasteiger partial charge >= 0.3 is 0 Å². The molecule has 0 spiro atoms. The Bertz CT molecular complexity index is 782. The Kier molecular flexibility index (Phi) is 4.28. The molecule has 0 radical (unpaired) electrons. The van der Waals surface area contributed by atoms with E-state index in [0.717, 1.165) is 11.8 Å². The van der Waals surface area contributed by atoms with Crippen molar-refractivity contribution in [3.63, 3.8) is 0 Å². The van der Waals surface area contributed by atoms with Crippen LogP contribution >= 0.6 is 34.8 Å². The first-order valence-corrected chi connectivity index (χ1v) is 8.68. The molecule has 0 aliphatic carbocycles. The summed E-state index contributed by atoms with van der Waals surface area (Å²) in [5, 5.41) is 0. The number of hydrogen-bond acceptors (Lipinski definition) is 3. The molecule has 19 heavy (non-hydrogen) atoms. The molecule has 2 aromatic rings. The van der Waals surface area contributed by atoms with Gasteiger partial charge in [-0.25, -0.2) is 17.5 Å². The van der Waals surface area contributed by atoms with E-state index in [2.05, 4.69) is 9.71 Å². The molecule has 0 amide bonds. The van der Waals surface area contributed by atoms with Crippen molar-refractivity contribution >= 4 is 55.9 Å². The third kappa shape index (κ3) is 3.52. The highest BCUT2D eigenvalue weighted by Crippen LogP contribution is 2.20. The number of H-pyrrole nitrogens is 1. The number of aromatic nitrogens is 2. The van der Waals surface area contributed by atoms with E-state index >= 15 is 0 Å². The lowest BCUT2D eigenvalue weighted by atomic mass is 10.3. The van der Waals surface area contributed by atoms with Crippen LogP contribution in [0.15, 0.2) is 12.1 Å². The van der Waals surface area contributed by atoms with Crippen LogP contribution in [0.1, 0.15) is 0 Å². The van der Waals surface area contributed by atoms with E-state index in [-0.39, 0.29) is 12.4 Å². The van der Waals surface area contributed by atoms with Crippen LogP contribution in [0.5, 0.6) is 0 Å². The molecule has 1 aromatic heterocycles. The third-order valence-electron chi connectivity index (χ3n) is 2.52. The van der Waals surface area contributed by atoms with Crippen molar-refractivity contribution in [3.05, 3.63) is 26.3 Å². The first kappa shape index (κ1) is 14.9. The largest absolute Gasteiger partial charge is 0.331 e. The number of fused-ring (bicyclic) bond motifs is 1. The second kappa shape index (κ2) is 5.46. The van der Waals surface area contributed by atoms with Gasteiger partial charge in [-0.3, -0.25) is 0 Å². The maximum atomic E-state index is 13.6. The Balaban J connectivity index is 2.35. The summed E-state index contributed by atoms with van der Waals surface area (Å²) in [4.78, 5) is 2.97. The van der Waals surface area contributed by atoms with Gasteiger partial charge in [0.2, 0.25) is 10.0 Å². The van der Waals surface area contributed by atoms with E-state index in [4.69, 9.17) is 12.2 Å². The number of aromatic amines is 1. The molecule has 0 bridgehead atoms. The van der Waals surface area contributed by atoms with Gasteiger partial charge in [0.05, 0.1) is 20.9 Å². The number of sulfonamides is 1. The molecule has 1 heterocycles. The number of halogens is 2. The van der Waals surface area contributed by atoms with Gasteiger partial charge in [-0.15, -0.1) is 0 Å². The number of nitrogens with one attached hydrogen (secondary N) is 2. The van der Waals surface area contributed by atoms with E-state index in [9.17, 15) is 12.8 Å². The maximum Gasteiger partial charge on any atom is 0.208 e. The van der Waals surface area contributed by atoms with Gasteiger partial charge in [0.1, 0.15) is 5.82 Å². The molecule has 0 fully saturated rings. The number of rotatable bonds is 4. The standard InChI is InChI=1S/C10H11FIN3O2S2/c1-19(16,17)13-2-3-15-9-4-6(11)7(12)5-8(9)14-10(15)18/h4-5,13H,2-3H2,1H3,(H,14,18). The summed E-state index contributed by atoms with van der Waals surface area (Å²) in [6.45, 7) is 0.541. The Morgan fingerprint density at radius 1 is 1.53 bits per heavy atom. The van der Waals surface area contributed by atoms with E-state index in [1.54, 1.807) is 10.6 Å². The second-order valence-electron chi connectivity index (χ2n) is 4.03. The van der Waals surface area contributed by atoms with Crippen LogP contribution in [0.3, 0.4) is 0 Å². The minimum atomic E-state index is -3.24. The van der Waals surface area contributed by atoms with Crippen molar-refractivity contribution in [1.82, 2.24) is 14.3 Å². The highest BCUT2D eigenvalue weighted by molar-refractivity contribution is 14.1. The third-order valence-corrected chi connectivity index (χ3v) is 4.39. The van der Waals surface area contributed by atoms with E-state index < -0.39 is 10.0 Å². The molecular weight excluding hydrogens is 404 g/mol. The summed E-state index contributed by atoms with van der Waals surface area (Å²) in [5.74, 6) is -0.327. The molecule has 2 N–H and O–H groups in total. The topological polar surface area (TPSA) is 66.9 Å². The zero-order chi connectivity index (χ0) is 14.2. The molecule has 0 aliphatic heterocycles. The van der Waals surface area contributed by atoms with Crippen molar-refractivity contribution in [2.24, 2.45) is 0 Å². The molecule has 0 aliphatic rings. The fraction of sp³-hybridized carbons (Fsp3) is 0.300. The number of imidazole rings is 1. The summed E-state index contributed by atoms with van der Waals surface area (Å²) in [6, 6.07) is 3.06. The summed E-state index contributed by atoms with van der Waals surface area (Å²) in [5.41, 5.74) is 1.35. The number of hydrogen-bond donors (Lipinski definition) is 2. The Morgan fingerprint density at radius 2 is 2.21 bits per heavy atom. The van der Waals surface area contributed by atoms with E-state index in [0.29, 0.717) is 20.4 Å².